The molecule has 20 heavy (non-hydrogen) atoms. The van der Waals surface area contributed by atoms with Crippen molar-refractivity contribution < 1.29 is 0 Å². The van der Waals surface area contributed by atoms with Crippen LogP contribution in [-0.2, 0) is 6.42 Å². The number of aryl methyl sites for hydroxylation is 1. The van der Waals surface area contributed by atoms with Gasteiger partial charge < -0.3 is 4.90 Å². The predicted molar refractivity (Wildman–Crippen MR) is 87.3 cm³/mol. The SMILES string of the molecule is CCCCCC(C)N(CCCC)c1nccc(CC)n1. The number of nitrogens with zero attached hydrogens (tertiary/aromatic N) is 3. The van der Waals surface area contributed by atoms with E-state index in [0.29, 0.717) is 6.04 Å². The summed E-state index contributed by atoms with van der Waals surface area (Å²) in [6.45, 7) is 10.0. The van der Waals surface area contributed by atoms with E-state index in [1.54, 1.807) is 0 Å². The minimum absolute atomic E-state index is 0.528. The van der Waals surface area contributed by atoms with E-state index >= 15 is 0 Å². The lowest BCUT2D eigenvalue weighted by atomic mass is 10.1. The summed E-state index contributed by atoms with van der Waals surface area (Å²) in [4.78, 5) is 11.6. The smallest absolute Gasteiger partial charge is 0.225 e. The highest BCUT2D eigenvalue weighted by Crippen LogP contribution is 2.17. The van der Waals surface area contributed by atoms with Gasteiger partial charge in [0.05, 0.1) is 0 Å². The van der Waals surface area contributed by atoms with E-state index in [2.05, 4.69) is 37.6 Å². The lowest BCUT2D eigenvalue weighted by Gasteiger charge is -2.29. The molecule has 1 aromatic rings. The Hall–Kier alpha value is -1.12. The van der Waals surface area contributed by atoms with E-state index in [4.69, 9.17) is 4.98 Å². The Morgan fingerprint density at radius 3 is 2.50 bits per heavy atom. The Balaban J connectivity index is 2.75. The van der Waals surface area contributed by atoms with Gasteiger partial charge in [0.2, 0.25) is 5.95 Å². The molecule has 0 aliphatic carbocycles. The van der Waals surface area contributed by atoms with Gasteiger partial charge in [-0.25, -0.2) is 9.97 Å². The van der Waals surface area contributed by atoms with E-state index in [-0.39, 0.29) is 0 Å². The summed E-state index contributed by atoms with van der Waals surface area (Å²) in [6, 6.07) is 2.55. The van der Waals surface area contributed by atoms with Gasteiger partial charge in [0.1, 0.15) is 0 Å². The molecule has 0 saturated heterocycles. The zero-order valence-electron chi connectivity index (χ0n) is 13.7. The molecule has 0 fully saturated rings. The van der Waals surface area contributed by atoms with Gasteiger partial charge in [-0.05, 0) is 32.3 Å². The molecule has 114 valence electrons. The molecule has 0 saturated carbocycles. The Morgan fingerprint density at radius 1 is 1.10 bits per heavy atom. The number of hydrogen-bond acceptors (Lipinski definition) is 3. The molecule has 0 amide bonds. The second kappa shape index (κ2) is 9.73. The van der Waals surface area contributed by atoms with Crippen LogP contribution < -0.4 is 4.90 Å². The third-order valence-corrected chi connectivity index (χ3v) is 3.83. The first kappa shape index (κ1) is 16.9. The fourth-order valence-corrected chi connectivity index (χ4v) is 2.41. The van der Waals surface area contributed by atoms with Gasteiger partial charge >= 0.3 is 0 Å². The fraction of sp³-hybridized carbons (Fsp3) is 0.765. The van der Waals surface area contributed by atoms with Crippen molar-refractivity contribution in [3.05, 3.63) is 18.0 Å². The minimum Gasteiger partial charge on any atom is -0.338 e. The maximum Gasteiger partial charge on any atom is 0.225 e. The Bertz CT molecular complexity index is 365. The van der Waals surface area contributed by atoms with Gasteiger partial charge in [-0.1, -0.05) is 46.5 Å². The number of hydrogen-bond donors (Lipinski definition) is 0. The van der Waals surface area contributed by atoms with Crippen LogP contribution >= 0.6 is 0 Å². The standard InChI is InChI=1S/C17H31N3/c1-5-8-10-11-15(4)20(14-9-6-2)17-18-13-12-16(7-3)19-17/h12-13,15H,5-11,14H2,1-4H3. The molecule has 0 aliphatic heterocycles. The van der Waals surface area contributed by atoms with Gasteiger partial charge in [0, 0.05) is 24.5 Å². The van der Waals surface area contributed by atoms with Crippen molar-refractivity contribution >= 4 is 5.95 Å². The van der Waals surface area contributed by atoms with Crippen LogP contribution in [0.4, 0.5) is 5.95 Å². The fourth-order valence-electron chi connectivity index (χ4n) is 2.41. The van der Waals surface area contributed by atoms with E-state index in [1.165, 1.54) is 38.5 Å². The molecule has 0 N–H and O–H groups in total. The molecule has 0 bridgehead atoms. The van der Waals surface area contributed by atoms with E-state index in [9.17, 15) is 0 Å². The lowest BCUT2D eigenvalue weighted by Crippen LogP contribution is -2.35. The van der Waals surface area contributed by atoms with Gasteiger partial charge in [-0.15, -0.1) is 0 Å². The summed E-state index contributed by atoms with van der Waals surface area (Å²) in [5.74, 6) is 0.918. The molecule has 3 nitrogen and oxygen atoms in total. The van der Waals surface area contributed by atoms with Crippen LogP contribution in [0.15, 0.2) is 12.3 Å². The van der Waals surface area contributed by atoms with E-state index < -0.39 is 0 Å². The van der Waals surface area contributed by atoms with Gasteiger partial charge in [0.25, 0.3) is 0 Å². The van der Waals surface area contributed by atoms with Crippen LogP contribution in [0.2, 0.25) is 0 Å². The summed E-state index contributed by atoms with van der Waals surface area (Å²) in [5, 5.41) is 0. The molecule has 1 aromatic heterocycles. The Kier molecular flexibility index (Phi) is 8.24. The molecule has 1 rings (SSSR count). The average molecular weight is 277 g/mol. The third kappa shape index (κ3) is 5.48. The molecule has 1 atom stereocenters. The summed E-state index contributed by atoms with van der Waals surface area (Å²) in [7, 11) is 0. The maximum absolute atomic E-state index is 4.71. The summed E-state index contributed by atoms with van der Waals surface area (Å²) < 4.78 is 0. The van der Waals surface area contributed by atoms with Crippen LogP contribution in [0.3, 0.4) is 0 Å². The molecule has 0 aliphatic rings. The second-order valence-electron chi connectivity index (χ2n) is 5.59. The van der Waals surface area contributed by atoms with Crippen LogP contribution in [0.25, 0.3) is 0 Å². The first-order valence-corrected chi connectivity index (χ1v) is 8.31. The zero-order chi connectivity index (χ0) is 14.8. The largest absolute Gasteiger partial charge is 0.338 e. The van der Waals surface area contributed by atoms with Crippen molar-refractivity contribution in [3.8, 4) is 0 Å². The lowest BCUT2D eigenvalue weighted by molar-refractivity contribution is 0.528. The minimum atomic E-state index is 0.528. The normalized spacial score (nSPS) is 12.4. The van der Waals surface area contributed by atoms with E-state index in [1.807, 2.05) is 12.3 Å². The average Bonchev–Trinajstić information content (AvgIpc) is 2.48. The highest BCUT2D eigenvalue weighted by Gasteiger charge is 2.16. The summed E-state index contributed by atoms with van der Waals surface area (Å²) >= 11 is 0. The first-order valence-electron chi connectivity index (χ1n) is 8.31. The first-order chi connectivity index (χ1) is 9.72. The molecule has 0 spiro atoms. The van der Waals surface area contributed by atoms with Crippen molar-refractivity contribution in [2.75, 3.05) is 11.4 Å². The summed E-state index contributed by atoms with van der Waals surface area (Å²) in [6.07, 6.45) is 10.4. The molecular formula is C17H31N3. The zero-order valence-corrected chi connectivity index (χ0v) is 13.7. The number of unbranched alkanes of at least 4 members (excludes halogenated alkanes) is 3. The highest BCUT2D eigenvalue weighted by atomic mass is 15.3. The molecule has 0 radical (unpaired) electrons. The van der Waals surface area contributed by atoms with Crippen LogP contribution in [-0.4, -0.2) is 22.6 Å². The van der Waals surface area contributed by atoms with Crippen LogP contribution in [0.5, 0.6) is 0 Å². The van der Waals surface area contributed by atoms with Gasteiger partial charge in [0.15, 0.2) is 0 Å². The third-order valence-electron chi connectivity index (χ3n) is 3.83. The Morgan fingerprint density at radius 2 is 1.85 bits per heavy atom. The van der Waals surface area contributed by atoms with E-state index in [0.717, 1.165) is 24.6 Å². The van der Waals surface area contributed by atoms with Crippen molar-refractivity contribution in [2.24, 2.45) is 0 Å². The van der Waals surface area contributed by atoms with Crippen molar-refractivity contribution in [2.45, 2.75) is 78.7 Å². The highest BCUT2D eigenvalue weighted by molar-refractivity contribution is 5.31. The van der Waals surface area contributed by atoms with Crippen LogP contribution in [0, 0.1) is 0 Å². The monoisotopic (exact) mass is 277 g/mol. The molecular weight excluding hydrogens is 246 g/mol. The van der Waals surface area contributed by atoms with Crippen molar-refractivity contribution in [3.63, 3.8) is 0 Å². The molecule has 0 aromatic carbocycles. The summed E-state index contributed by atoms with van der Waals surface area (Å²) in [5.41, 5.74) is 1.14. The van der Waals surface area contributed by atoms with Crippen molar-refractivity contribution in [1.29, 1.82) is 0 Å². The second-order valence-corrected chi connectivity index (χ2v) is 5.59. The quantitative estimate of drug-likeness (QED) is 0.585. The topological polar surface area (TPSA) is 29.0 Å². The molecule has 3 heteroatoms. The maximum atomic E-state index is 4.71. The predicted octanol–water partition coefficient (Wildman–Crippen LogP) is 4.61. The van der Waals surface area contributed by atoms with Crippen LogP contribution in [0.1, 0.15) is 71.9 Å². The van der Waals surface area contributed by atoms with Crippen molar-refractivity contribution in [1.82, 2.24) is 9.97 Å². The molecule has 1 heterocycles. The number of aromatic nitrogens is 2. The Labute approximate surface area is 124 Å². The van der Waals surface area contributed by atoms with Gasteiger partial charge in [-0.2, -0.15) is 0 Å². The van der Waals surface area contributed by atoms with Gasteiger partial charge in [-0.3, -0.25) is 0 Å². The number of rotatable bonds is 10. The number of anilines is 1. The molecule has 1 unspecified atom stereocenters.